The van der Waals surface area contributed by atoms with Crippen LogP contribution >= 0.6 is 0 Å². The molecule has 1 unspecified atom stereocenters. The van der Waals surface area contributed by atoms with Crippen molar-refractivity contribution in [2.75, 3.05) is 33.9 Å². The smallest absolute Gasteiger partial charge is 0.316 e. The van der Waals surface area contributed by atoms with Crippen LogP contribution in [0, 0.1) is 5.92 Å². The summed E-state index contributed by atoms with van der Waals surface area (Å²) < 4.78 is 16.0. The highest BCUT2D eigenvalue weighted by Crippen LogP contribution is 2.32. The second kappa shape index (κ2) is 8.82. The van der Waals surface area contributed by atoms with Crippen molar-refractivity contribution in [2.24, 2.45) is 5.92 Å². The molecular formula is C21H28N4O4. The van der Waals surface area contributed by atoms with Gasteiger partial charge in [0.2, 0.25) is 5.82 Å². The fourth-order valence-electron chi connectivity index (χ4n) is 4.45. The van der Waals surface area contributed by atoms with Crippen LogP contribution in [-0.4, -0.2) is 60.8 Å². The van der Waals surface area contributed by atoms with Crippen LogP contribution in [0.1, 0.15) is 42.8 Å². The maximum atomic E-state index is 13.2. The molecule has 1 aromatic heterocycles. The molecule has 4 rings (SSSR count). The topological polar surface area (TPSA) is 89.7 Å². The maximum Gasteiger partial charge on any atom is 0.316 e. The summed E-state index contributed by atoms with van der Waals surface area (Å²) in [7, 11) is 3.16. The molecule has 2 saturated heterocycles. The SMILES string of the molecule is COc1ccc(-c2noc(C(=O)N3CCCCC3C3CCNCC3)n2)cc1OC. The summed E-state index contributed by atoms with van der Waals surface area (Å²) in [5.74, 6) is 1.99. The minimum absolute atomic E-state index is 0.0515. The van der Waals surface area contributed by atoms with Crippen LogP contribution in [0.15, 0.2) is 22.7 Å². The predicted molar refractivity (Wildman–Crippen MR) is 107 cm³/mol. The van der Waals surface area contributed by atoms with Gasteiger partial charge in [-0.1, -0.05) is 5.16 Å². The molecule has 156 valence electrons. The van der Waals surface area contributed by atoms with Crippen molar-refractivity contribution >= 4 is 5.91 Å². The summed E-state index contributed by atoms with van der Waals surface area (Å²) >= 11 is 0. The molecule has 2 aliphatic heterocycles. The van der Waals surface area contributed by atoms with E-state index in [-0.39, 0.29) is 17.8 Å². The molecule has 2 aromatic rings. The third-order valence-electron chi connectivity index (χ3n) is 5.99. The van der Waals surface area contributed by atoms with Crippen LogP contribution < -0.4 is 14.8 Å². The zero-order valence-corrected chi connectivity index (χ0v) is 17.0. The average molecular weight is 400 g/mol. The number of nitrogens with one attached hydrogen (secondary N) is 1. The molecule has 0 bridgehead atoms. The van der Waals surface area contributed by atoms with E-state index in [0.717, 1.165) is 45.3 Å². The molecule has 0 saturated carbocycles. The van der Waals surface area contributed by atoms with Crippen molar-refractivity contribution in [1.29, 1.82) is 0 Å². The molecule has 8 nitrogen and oxygen atoms in total. The highest BCUT2D eigenvalue weighted by atomic mass is 16.5. The third kappa shape index (κ3) is 4.07. The summed E-state index contributed by atoms with van der Waals surface area (Å²) in [5.41, 5.74) is 0.707. The number of likely N-dealkylation sites (tertiary alicyclic amines) is 1. The summed E-state index contributed by atoms with van der Waals surface area (Å²) in [6, 6.07) is 5.63. The van der Waals surface area contributed by atoms with Crippen LogP contribution in [0.2, 0.25) is 0 Å². The summed E-state index contributed by atoms with van der Waals surface area (Å²) in [6.07, 6.45) is 5.44. The van der Waals surface area contributed by atoms with Gasteiger partial charge in [0, 0.05) is 18.2 Å². The van der Waals surface area contributed by atoms with Crippen molar-refractivity contribution in [2.45, 2.75) is 38.1 Å². The van der Waals surface area contributed by atoms with E-state index in [2.05, 4.69) is 15.5 Å². The van der Waals surface area contributed by atoms with Gasteiger partial charge in [-0.05, 0) is 69.3 Å². The Hall–Kier alpha value is -2.61. The van der Waals surface area contributed by atoms with Crippen LogP contribution in [0.4, 0.5) is 0 Å². The van der Waals surface area contributed by atoms with Crippen molar-refractivity contribution in [3.05, 3.63) is 24.1 Å². The van der Waals surface area contributed by atoms with E-state index in [4.69, 9.17) is 14.0 Å². The van der Waals surface area contributed by atoms with Gasteiger partial charge in [-0.2, -0.15) is 4.98 Å². The Morgan fingerprint density at radius 1 is 1.14 bits per heavy atom. The Morgan fingerprint density at radius 3 is 2.69 bits per heavy atom. The lowest BCUT2D eigenvalue weighted by Crippen LogP contribution is -2.49. The van der Waals surface area contributed by atoms with E-state index in [0.29, 0.717) is 28.8 Å². The van der Waals surface area contributed by atoms with Crippen LogP contribution in [0.5, 0.6) is 11.5 Å². The van der Waals surface area contributed by atoms with Crippen LogP contribution in [0.25, 0.3) is 11.4 Å². The highest BCUT2D eigenvalue weighted by Gasteiger charge is 2.36. The zero-order valence-electron chi connectivity index (χ0n) is 17.0. The summed E-state index contributed by atoms with van der Waals surface area (Å²) in [5, 5.41) is 7.44. The molecule has 1 atom stereocenters. The van der Waals surface area contributed by atoms with E-state index in [1.807, 2.05) is 11.0 Å². The molecule has 8 heteroatoms. The van der Waals surface area contributed by atoms with Gasteiger partial charge in [-0.15, -0.1) is 0 Å². The van der Waals surface area contributed by atoms with E-state index in [1.54, 1.807) is 26.4 Å². The lowest BCUT2D eigenvalue weighted by Gasteiger charge is -2.41. The largest absolute Gasteiger partial charge is 0.493 e. The van der Waals surface area contributed by atoms with E-state index >= 15 is 0 Å². The number of rotatable bonds is 5. The minimum atomic E-state index is -0.160. The Balaban J connectivity index is 1.54. The van der Waals surface area contributed by atoms with Crippen molar-refractivity contribution in [3.63, 3.8) is 0 Å². The number of nitrogens with zero attached hydrogens (tertiary/aromatic N) is 3. The number of ether oxygens (including phenoxy) is 2. The standard InChI is InChI=1S/C21H28N4O4/c1-27-17-7-6-15(13-18(17)28-2)19-23-20(29-24-19)21(26)25-12-4-3-5-16(25)14-8-10-22-11-9-14/h6-7,13-14,16,22H,3-5,8-12H2,1-2H3. The Morgan fingerprint density at radius 2 is 1.93 bits per heavy atom. The second-order valence-electron chi connectivity index (χ2n) is 7.64. The number of aromatic nitrogens is 2. The van der Waals surface area contributed by atoms with E-state index < -0.39 is 0 Å². The normalized spacial score (nSPS) is 20.5. The molecular weight excluding hydrogens is 372 g/mol. The molecule has 1 amide bonds. The van der Waals surface area contributed by atoms with Crippen molar-refractivity contribution in [3.8, 4) is 22.9 Å². The molecule has 3 heterocycles. The summed E-state index contributed by atoms with van der Waals surface area (Å²) in [6.45, 7) is 2.79. The first kappa shape index (κ1) is 19.7. The number of piperidine rings is 2. The third-order valence-corrected chi connectivity index (χ3v) is 5.99. The number of hydrogen-bond donors (Lipinski definition) is 1. The first-order valence-corrected chi connectivity index (χ1v) is 10.3. The zero-order chi connectivity index (χ0) is 20.2. The average Bonchev–Trinajstić information content (AvgIpc) is 3.29. The van der Waals surface area contributed by atoms with Gasteiger partial charge in [0.25, 0.3) is 0 Å². The molecule has 29 heavy (non-hydrogen) atoms. The molecule has 2 aliphatic rings. The first-order chi connectivity index (χ1) is 14.2. The Kier molecular flexibility index (Phi) is 5.99. The number of hydrogen-bond acceptors (Lipinski definition) is 7. The van der Waals surface area contributed by atoms with Gasteiger partial charge >= 0.3 is 11.8 Å². The monoisotopic (exact) mass is 400 g/mol. The molecule has 2 fully saturated rings. The summed E-state index contributed by atoms with van der Waals surface area (Å²) in [4.78, 5) is 19.5. The van der Waals surface area contributed by atoms with Gasteiger partial charge in [-0.3, -0.25) is 4.79 Å². The minimum Gasteiger partial charge on any atom is -0.493 e. The number of methoxy groups -OCH3 is 2. The first-order valence-electron chi connectivity index (χ1n) is 10.3. The van der Waals surface area contributed by atoms with E-state index in [9.17, 15) is 4.79 Å². The van der Waals surface area contributed by atoms with Gasteiger partial charge in [0.15, 0.2) is 11.5 Å². The fourth-order valence-corrected chi connectivity index (χ4v) is 4.45. The van der Waals surface area contributed by atoms with Gasteiger partial charge in [0.1, 0.15) is 0 Å². The molecule has 0 aliphatic carbocycles. The number of carbonyl (C=O) groups is 1. The highest BCUT2D eigenvalue weighted by molar-refractivity contribution is 5.90. The predicted octanol–water partition coefficient (Wildman–Crippen LogP) is 2.75. The quantitative estimate of drug-likeness (QED) is 0.825. The lowest BCUT2D eigenvalue weighted by molar-refractivity contribution is 0.0429. The van der Waals surface area contributed by atoms with Crippen molar-refractivity contribution in [1.82, 2.24) is 20.4 Å². The van der Waals surface area contributed by atoms with Gasteiger partial charge < -0.3 is 24.2 Å². The number of benzene rings is 1. The molecule has 0 spiro atoms. The van der Waals surface area contributed by atoms with Crippen LogP contribution in [-0.2, 0) is 0 Å². The van der Waals surface area contributed by atoms with E-state index in [1.165, 1.54) is 6.42 Å². The lowest BCUT2D eigenvalue weighted by atomic mass is 9.84. The molecule has 0 radical (unpaired) electrons. The fraction of sp³-hybridized carbons (Fsp3) is 0.571. The molecule has 1 N–H and O–H groups in total. The Labute approximate surface area is 170 Å². The van der Waals surface area contributed by atoms with Gasteiger partial charge in [0.05, 0.1) is 14.2 Å². The second-order valence-corrected chi connectivity index (χ2v) is 7.64. The molecule has 1 aromatic carbocycles. The Bertz CT molecular complexity index is 847. The van der Waals surface area contributed by atoms with Crippen LogP contribution in [0.3, 0.4) is 0 Å². The van der Waals surface area contributed by atoms with Crippen molar-refractivity contribution < 1.29 is 18.8 Å². The number of amides is 1. The number of carbonyl (C=O) groups excluding carboxylic acids is 1. The van der Waals surface area contributed by atoms with Gasteiger partial charge in [-0.25, -0.2) is 0 Å². The maximum absolute atomic E-state index is 13.2.